The van der Waals surface area contributed by atoms with Crippen LogP contribution in [0.15, 0.2) is 128 Å². The predicted octanol–water partition coefficient (Wildman–Crippen LogP) is 9.18. The van der Waals surface area contributed by atoms with E-state index in [1.54, 1.807) is 58.0 Å². The van der Waals surface area contributed by atoms with Crippen LogP contribution >= 0.6 is 0 Å². The molecule has 0 aliphatic carbocycles. The third-order valence-electron chi connectivity index (χ3n) is 8.49. The van der Waals surface area contributed by atoms with Gasteiger partial charge in [0.15, 0.2) is 6.10 Å². The molecular weight excluding hydrogens is 721 g/mol. The first kappa shape index (κ1) is 41.5. The van der Waals surface area contributed by atoms with E-state index in [1.165, 1.54) is 12.2 Å². The van der Waals surface area contributed by atoms with Gasteiger partial charge in [0.25, 0.3) is 0 Å². The molecule has 3 N–H and O–H groups in total. The predicted molar refractivity (Wildman–Crippen MR) is 222 cm³/mol. The van der Waals surface area contributed by atoms with E-state index in [9.17, 15) is 26.7 Å². The number of benzene rings is 4. The number of ether oxygens (including phenoxy) is 1. The van der Waals surface area contributed by atoms with Gasteiger partial charge in [-0.25, -0.2) is 21.6 Å². The summed E-state index contributed by atoms with van der Waals surface area (Å²) < 4.78 is 62.9. The number of aryl methyl sites for hydroxylation is 1. The highest BCUT2D eigenvalue weighted by molar-refractivity contribution is 7.93. The highest BCUT2D eigenvalue weighted by Crippen LogP contribution is 2.41. The number of nitrogens with one attached hydrogen (secondary N) is 2. The van der Waals surface area contributed by atoms with E-state index in [-0.39, 0.29) is 17.8 Å². The normalized spacial score (nSPS) is 13.7. The average Bonchev–Trinajstić information content (AvgIpc) is 3.08. The Morgan fingerprint density at radius 3 is 2.28 bits per heavy atom. The summed E-state index contributed by atoms with van der Waals surface area (Å²) in [5, 5.41) is 11.1. The molecule has 0 aliphatic rings. The Morgan fingerprint density at radius 2 is 1.63 bits per heavy atom. The monoisotopic (exact) mass is 768 g/mol. The summed E-state index contributed by atoms with van der Waals surface area (Å²) in [4.78, 5) is 12.7. The molecule has 11 heteroatoms. The number of rotatable bonds is 16. The first-order chi connectivity index (χ1) is 25.2. The number of fused-ring (bicyclic) bond motifs is 1. The highest BCUT2D eigenvalue weighted by Gasteiger charge is 2.31. The molecule has 2 unspecified atom stereocenters. The average molecular weight is 769 g/mol. The van der Waals surface area contributed by atoms with Gasteiger partial charge in [-0.3, -0.25) is 9.44 Å². The number of carboxylic acids is 1. The summed E-state index contributed by atoms with van der Waals surface area (Å²) in [7, 11) is -7.64. The second kappa shape index (κ2) is 16.8. The summed E-state index contributed by atoms with van der Waals surface area (Å²) in [6, 6.07) is 23.8. The summed E-state index contributed by atoms with van der Waals surface area (Å²) >= 11 is 0. The molecule has 4 rings (SSSR count). The number of hydrogen-bond donors (Lipinski definition) is 3. The molecule has 4 aromatic carbocycles. The molecule has 9 nitrogen and oxygen atoms in total. The SMILES string of the molecule is C=Cc1ccccc1C(=C)C(=C)C=C(C=CCC(C)S(=O)(=O)Nc1cccc(-c2c(C(OC(C)(C)C)C(=O)O)c(C)cc3ccccc23)c1)NS(C)(=O)=O. The Kier molecular flexibility index (Phi) is 13.0. The van der Waals surface area contributed by atoms with Crippen LogP contribution in [0.2, 0.25) is 0 Å². The van der Waals surface area contributed by atoms with Crippen LogP contribution in [-0.2, 0) is 29.6 Å². The Hall–Kier alpha value is -5.23. The molecule has 0 spiro atoms. The summed E-state index contributed by atoms with van der Waals surface area (Å²) in [5.41, 5.74) is 4.81. The molecule has 54 heavy (non-hydrogen) atoms. The van der Waals surface area contributed by atoms with Crippen molar-refractivity contribution >= 4 is 54.1 Å². The van der Waals surface area contributed by atoms with Crippen LogP contribution in [0.3, 0.4) is 0 Å². The van der Waals surface area contributed by atoms with Crippen LogP contribution < -0.4 is 9.44 Å². The minimum atomic E-state index is -3.96. The standard InChI is InChI=1S/C43H48N2O7S2/c1-10-32-18-11-13-23-37(32)31(5)28(2)26-35(44-53(9,48)49)21-15-17-30(4)54(50,51)45-36-22-16-20-34(27-36)40-38-24-14-12-19-33(38)25-29(3)39(40)41(42(46)47)52-43(6,7)8/h10-16,18-27,30,41,44-45H,1-2,5,17H2,3-4,6-9H3,(H,46,47). The lowest BCUT2D eigenvalue weighted by Gasteiger charge is -2.28. The Bertz CT molecular complexity index is 2390. The number of aliphatic carboxylic acids is 1. The van der Waals surface area contributed by atoms with Gasteiger partial charge in [-0.2, -0.15) is 0 Å². The van der Waals surface area contributed by atoms with Gasteiger partial charge >= 0.3 is 5.97 Å². The first-order valence-corrected chi connectivity index (χ1v) is 20.7. The molecule has 4 aromatic rings. The summed E-state index contributed by atoms with van der Waals surface area (Å²) in [6.07, 6.45) is 6.07. The topological polar surface area (TPSA) is 139 Å². The third-order valence-corrected chi connectivity index (χ3v) is 10.9. The van der Waals surface area contributed by atoms with Crippen LogP contribution in [0, 0.1) is 6.92 Å². The molecule has 0 bridgehead atoms. The fraction of sp³-hybridized carbons (Fsp3) is 0.233. The van der Waals surface area contributed by atoms with Crippen LogP contribution in [0.4, 0.5) is 5.69 Å². The van der Waals surface area contributed by atoms with Gasteiger partial charge in [0, 0.05) is 16.9 Å². The summed E-state index contributed by atoms with van der Waals surface area (Å²) in [5.74, 6) is -1.14. The molecule has 0 radical (unpaired) electrons. The third kappa shape index (κ3) is 10.7. The van der Waals surface area contributed by atoms with E-state index in [2.05, 4.69) is 29.2 Å². The minimum Gasteiger partial charge on any atom is -0.479 e. The van der Waals surface area contributed by atoms with E-state index < -0.39 is 43.0 Å². The van der Waals surface area contributed by atoms with Crippen molar-refractivity contribution in [2.24, 2.45) is 0 Å². The second-order valence-corrected chi connectivity index (χ2v) is 17.9. The number of sulfonamides is 2. The molecular formula is C43H48N2O7S2. The number of carbonyl (C=O) groups is 1. The van der Waals surface area contributed by atoms with Crippen molar-refractivity contribution in [3.63, 3.8) is 0 Å². The maximum atomic E-state index is 13.6. The van der Waals surface area contributed by atoms with Gasteiger partial charge in [-0.15, -0.1) is 0 Å². The molecule has 0 fully saturated rings. The zero-order valence-corrected chi connectivity index (χ0v) is 33.1. The van der Waals surface area contributed by atoms with Crippen molar-refractivity contribution < 1.29 is 31.5 Å². The Labute approximate surface area is 319 Å². The van der Waals surface area contributed by atoms with E-state index in [0.717, 1.165) is 33.7 Å². The van der Waals surface area contributed by atoms with Crippen LogP contribution in [0.25, 0.3) is 33.5 Å². The maximum absolute atomic E-state index is 13.6. The molecule has 0 saturated heterocycles. The van der Waals surface area contributed by atoms with Gasteiger partial charge < -0.3 is 9.84 Å². The smallest absolute Gasteiger partial charge is 0.337 e. The lowest BCUT2D eigenvalue weighted by atomic mass is 9.87. The minimum absolute atomic E-state index is 0.0433. The van der Waals surface area contributed by atoms with E-state index >= 15 is 0 Å². The van der Waals surface area contributed by atoms with Crippen molar-refractivity contribution in [3.8, 4) is 11.1 Å². The second-order valence-electron chi connectivity index (χ2n) is 14.1. The Morgan fingerprint density at radius 1 is 0.963 bits per heavy atom. The number of anilines is 1. The molecule has 0 saturated carbocycles. The number of allylic oxidation sites excluding steroid dienone is 5. The van der Waals surface area contributed by atoms with Gasteiger partial charge in [-0.05, 0) is 115 Å². The van der Waals surface area contributed by atoms with Crippen molar-refractivity contribution in [1.29, 1.82) is 0 Å². The highest BCUT2D eigenvalue weighted by atomic mass is 32.2. The van der Waals surface area contributed by atoms with Gasteiger partial charge in [-0.1, -0.05) is 98.6 Å². The van der Waals surface area contributed by atoms with Crippen LogP contribution in [0.5, 0.6) is 0 Å². The first-order valence-electron chi connectivity index (χ1n) is 17.2. The van der Waals surface area contributed by atoms with E-state index in [4.69, 9.17) is 4.74 Å². The zero-order valence-electron chi connectivity index (χ0n) is 31.5. The van der Waals surface area contributed by atoms with E-state index in [0.29, 0.717) is 27.8 Å². The quantitative estimate of drug-likeness (QED) is 0.0967. The van der Waals surface area contributed by atoms with Gasteiger partial charge in [0.1, 0.15) is 0 Å². The number of hydrogen-bond acceptors (Lipinski definition) is 6. The molecule has 2 atom stereocenters. The molecule has 284 valence electrons. The lowest BCUT2D eigenvalue weighted by molar-refractivity contribution is -0.160. The summed E-state index contributed by atoms with van der Waals surface area (Å²) in [6.45, 7) is 20.8. The van der Waals surface area contributed by atoms with Gasteiger partial charge in [0.05, 0.1) is 17.1 Å². The van der Waals surface area contributed by atoms with Crippen molar-refractivity contribution in [2.45, 2.75) is 58.0 Å². The Balaban J connectivity index is 1.63. The zero-order chi connectivity index (χ0) is 40.0. The maximum Gasteiger partial charge on any atom is 0.337 e. The van der Waals surface area contributed by atoms with E-state index in [1.807, 2.05) is 67.6 Å². The largest absolute Gasteiger partial charge is 0.479 e. The fourth-order valence-electron chi connectivity index (χ4n) is 5.98. The lowest BCUT2D eigenvalue weighted by Crippen LogP contribution is -2.28. The van der Waals surface area contributed by atoms with Crippen LogP contribution in [0.1, 0.15) is 62.5 Å². The van der Waals surface area contributed by atoms with Crippen molar-refractivity contribution in [3.05, 3.63) is 150 Å². The fourth-order valence-corrected chi connectivity index (χ4v) is 7.55. The molecule has 0 amide bonds. The van der Waals surface area contributed by atoms with Crippen molar-refractivity contribution in [1.82, 2.24) is 4.72 Å². The molecule has 0 aromatic heterocycles. The molecule has 0 heterocycles. The number of carboxylic acid groups (broad SMARTS) is 1. The van der Waals surface area contributed by atoms with Crippen molar-refractivity contribution in [2.75, 3.05) is 11.0 Å². The van der Waals surface area contributed by atoms with Crippen LogP contribution in [-0.4, -0.2) is 45.0 Å². The van der Waals surface area contributed by atoms with Gasteiger partial charge in [0.2, 0.25) is 20.0 Å². The molecule has 0 aliphatic heterocycles.